The number of hydrogen-bond acceptors (Lipinski definition) is 10. The fourth-order valence-corrected chi connectivity index (χ4v) is 3.48. The van der Waals surface area contributed by atoms with Crippen molar-refractivity contribution in [3.05, 3.63) is 46.4 Å². The molecule has 2 aromatic carbocycles. The van der Waals surface area contributed by atoms with Crippen molar-refractivity contribution >= 4 is 33.7 Å². The molecule has 0 bridgehead atoms. The van der Waals surface area contributed by atoms with E-state index in [1.165, 1.54) is 0 Å². The van der Waals surface area contributed by atoms with Gasteiger partial charge in [-0.1, -0.05) is 0 Å². The summed E-state index contributed by atoms with van der Waals surface area (Å²) in [6.07, 6.45) is 0. The highest BCUT2D eigenvalue weighted by atomic mass is 16.5. The van der Waals surface area contributed by atoms with Crippen LogP contribution in [0.3, 0.4) is 0 Å². The molecule has 2 aromatic heterocycles. The van der Waals surface area contributed by atoms with Gasteiger partial charge in [-0.3, -0.25) is 15.1 Å². The number of nitrogens with one attached hydrogen (secondary N) is 3. The topological polar surface area (TPSA) is 144 Å². The predicted octanol–water partition coefficient (Wildman–Crippen LogP) is 1.90. The first-order valence-corrected chi connectivity index (χ1v) is 10.7. The van der Waals surface area contributed by atoms with E-state index >= 15 is 0 Å². The van der Waals surface area contributed by atoms with Gasteiger partial charge in [-0.05, 0) is 31.2 Å². The van der Waals surface area contributed by atoms with Gasteiger partial charge in [-0.2, -0.15) is 0 Å². The van der Waals surface area contributed by atoms with E-state index in [0.29, 0.717) is 53.4 Å². The number of aliphatic hydroxyl groups is 1. The third-order valence-corrected chi connectivity index (χ3v) is 5.13. The quantitative estimate of drug-likeness (QED) is 0.256. The van der Waals surface area contributed by atoms with E-state index in [9.17, 15) is 4.79 Å². The minimum Gasteiger partial charge on any atom is -0.493 e. The number of anilines is 2. The van der Waals surface area contributed by atoms with Crippen LogP contribution in [0.25, 0.3) is 21.8 Å². The molecule has 4 rings (SSSR count). The Labute approximate surface area is 195 Å². The van der Waals surface area contributed by atoms with Crippen molar-refractivity contribution in [3.63, 3.8) is 0 Å². The number of hydrogen-bond donors (Lipinski definition) is 4. The average molecular weight is 466 g/mol. The zero-order valence-corrected chi connectivity index (χ0v) is 19.1. The van der Waals surface area contributed by atoms with Crippen LogP contribution in [0.4, 0.5) is 11.9 Å². The van der Waals surface area contributed by atoms with Gasteiger partial charge in [0.2, 0.25) is 11.9 Å². The van der Waals surface area contributed by atoms with Gasteiger partial charge in [-0.25, -0.2) is 15.0 Å². The van der Waals surface area contributed by atoms with Gasteiger partial charge in [0.05, 0.1) is 42.9 Å². The van der Waals surface area contributed by atoms with Gasteiger partial charge >= 0.3 is 0 Å². The number of aromatic nitrogens is 4. The van der Waals surface area contributed by atoms with Crippen molar-refractivity contribution in [1.82, 2.24) is 25.3 Å². The molecular weight excluding hydrogens is 440 g/mol. The lowest BCUT2D eigenvalue weighted by Crippen LogP contribution is -2.24. The molecule has 0 aliphatic rings. The van der Waals surface area contributed by atoms with Crippen LogP contribution in [-0.4, -0.2) is 65.6 Å². The number of aryl methyl sites for hydroxylation is 1. The van der Waals surface area contributed by atoms with Gasteiger partial charge in [-0.15, -0.1) is 0 Å². The molecule has 0 radical (unpaired) electrons. The van der Waals surface area contributed by atoms with Crippen LogP contribution in [0.5, 0.6) is 17.2 Å². The van der Waals surface area contributed by atoms with E-state index in [1.54, 1.807) is 38.5 Å². The monoisotopic (exact) mass is 466 g/mol. The van der Waals surface area contributed by atoms with Gasteiger partial charge in [0.1, 0.15) is 12.4 Å². The second-order valence-electron chi connectivity index (χ2n) is 7.40. The first kappa shape index (κ1) is 23.2. The molecule has 11 heteroatoms. The third-order valence-electron chi connectivity index (χ3n) is 5.13. The molecule has 0 fully saturated rings. The van der Waals surface area contributed by atoms with E-state index in [0.717, 1.165) is 11.1 Å². The smallest absolute Gasteiger partial charge is 0.260 e. The molecule has 0 amide bonds. The Bertz CT molecular complexity index is 1370. The van der Waals surface area contributed by atoms with Crippen LogP contribution < -0.4 is 30.4 Å². The summed E-state index contributed by atoms with van der Waals surface area (Å²) in [7, 11) is 3.13. The van der Waals surface area contributed by atoms with Crippen LogP contribution >= 0.6 is 0 Å². The molecular formula is C23H26N6O5. The fourth-order valence-electron chi connectivity index (χ4n) is 3.48. The molecule has 0 aliphatic carbocycles. The first-order valence-electron chi connectivity index (χ1n) is 10.7. The molecule has 0 saturated carbocycles. The third kappa shape index (κ3) is 5.00. The summed E-state index contributed by atoms with van der Waals surface area (Å²) in [5.41, 5.74) is 1.57. The Hall–Kier alpha value is -3.96. The minimum atomic E-state index is -0.319. The van der Waals surface area contributed by atoms with Crippen molar-refractivity contribution in [1.29, 1.82) is 0 Å². The summed E-state index contributed by atoms with van der Waals surface area (Å²) in [5.74, 6) is 2.21. The number of ether oxygens (including phenoxy) is 3. The number of fused-ring (bicyclic) bond motifs is 2. The van der Waals surface area contributed by atoms with Crippen molar-refractivity contribution in [2.24, 2.45) is 0 Å². The second kappa shape index (κ2) is 10.3. The van der Waals surface area contributed by atoms with Crippen LogP contribution in [0.2, 0.25) is 0 Å². The maximum absolute atomic E-state index is 12.7. The largest absolute Gasteiger partial charge is 0.493 e. The van der Waals surface area contributed by atoms with Crippen LogP contribution in [0.1, 0.15) is 5.69 Å². The van der Waals surface area contributed by atoms with Crippen LogP contribution in [0, 0.1) is 6.92 Å². The lowest BCUT2D eigenvalue weighted by atomic mass is 10.1. The second-order valence-corrected chi connectivity index (χ2v) is 7.40. The number of H-pyrrole nitrogens is 1. The van der Waals surface area contributed by atoms with E-state index in [1.807, 2.05) is 13.0 Å². The van der Waals surface area contributed by atoms with Crippen molar-refractivity contribution in [2.45, 2.75) is 6.92 Å². The maximum atomic E-state index is 12.7. The highest BCUT2D eigenvalue weighted by Crippen LogP contribution is 2.33. The highest BCUT2D eigenvalue weighted by Gasteiger charge is 2.13. The molecule has 34 heavy (non-hydrogen) atoms. The molecule has 0 spiro atoms. The fraction of sp³-hybridized carbons (Fsp3) is 0.304. The average Bonchev–Trinajstić information content (AvgIpc) is 2.83. The summed E-state index contributed by atoms with van der Waals surface area (Å²) in [6.45, 7) is 3.42. The van der Waals surface area contributed by atoms with Gasteiger partial charge < -0.3 is 24.6 Å². The molecule has 4 aromatic rings. The number of rotatable bonds is 10. The molecule has 4 N–H and O–H groups in total. The van der Waals surface area contributed by atoms with Crippen LogP contribution in [-0.2, 0) is 0 Å². The van der Waals surface area contributed by atoms with Gasteiger partial charge in [0, 0.05) is 24.5 Å². The summed E-state index contributed by atoms with van der Waals surface area (Å²) >= 11 is 0. The normalized spacial score (nSPS) is 11.1. The van der Waals surface area contributed by atoms with E-state index < -0.39 is 0 Å². The van der Waals surface area contributed by atoms with E-state index in [2.05, 4.69) is 30.6 Å². The summed E-state index contributed by atoms with van der Waals surface area (Å²) in [6, 6.07) is 8.71. The lowest BCUT2D eigenvalue weighted by molar-refractivity contribution is 0.276. The summed E-state index contributed by atoms with van der Waals surface area (Å²) < 4.78 is 16.4. The Morgan fingerprint density at radius 3 is 2.53 bits per heavy atom. The predicted molar refractivity (Wildman–Crippen MR) is 128 cm³/mol. The minimum absolute atomic E-state index is 0.0696. The number of nitrogens with zero attached hydrogens (tertiary/aromatic N) is 3. The van der Waals surface area contributed by atoms with E-state index in [-0.39, 0.29) is 24.1 Å². The molecule has 2 heterocycles. The zero-order chi connectivity index (χ0) is 24.1. The molecule has 11 nitrogen and oxygen atoms in total. The lowest BCUT2D eigenvalue weighted by Gasteiger charge is -2.12. The number of methoxy groups -OCH3 is 2. The summed E-state index contributed by atoms with van der Waals surface area (Å²) in [4.78, 5) is 28.9. The number of aliphatic hydroxyl groups excluding tert-OH is 1. The molecule has 0 unspecified atom stereocenters. The molecule has 178 valence electrons. The molecule has 0 aliphatic heterocycles. The number of benzene rings is 2. The Kier molecular flexibility index (Phi) is 7.04. The Morgan fingerprint density at radius 2 is 1.76 bits per heavy atom. The van der Waals surface area contributed by atoms with Crippen molar-refractivity contribution < 1.29 is 19.3 Å². The van der Waals surface area contributed by atoms with Crippen LogP contribution in [0.15, 0.2) is 35.1 Å². The molecule has 0 atom stereocenters. The van der Waals surface area contributed by atoms with E-state index in [4.69, 9.17) is 19.3 Å². The SMILES string of the molecule is COc1cc2nc(Nc3nc4ccc(OCCNCCO)cc4c(=O)[nH]3)nc(C)c2cc1OC. The zero-order valence-electron chi connectivity index (χ0n) is 19.1. The standard InChI is InChI=1S/C23H26N6O5/c1-13-15-11-19(32-2)20(33-3)12-18(15)27-22(25-13)29-23-26-17-5-4-14(10-16(17)21(31)28-23)34-9-7-24-6-8-30/h4-5,10-12,24,30H,6-9H2,1-3H3,(H2,25,26,27,28,29,31). The van der Waals surface area contributed by atoms with Gasteiger partial charge in [0.15, 0.2) is 11.5 Å². The van der Waals surface area contributed by atoms with Crippen molar-refractivity contribution in [3.8, 4) is 17.2 Å². The Morgan fingerprint density at radius 1 is 0.971 bits per heavy atom. The van der Waals surface area contributed by atoms with Gasteiger partial charge in [0.25, 0.3) is 5.56 Å². The molecule has 0 saturated heterocycles. The maximum Gasteiger partial charge on any atom is 0.260 e. The summed E-state index contributed by atoms with van der Waals surface area (Å²) in [5, 5.41) is 16.0. The number of aromatic amines is 1. The first-order chi connectivity index (χ1) is 16.5. The highest BCUT2D eigenvalue weighted by molar-refractivity contribution is 5.86. The van der Waals surface area contributed by atoms with Crippen molar-refractivity contribution in [2.75, 3.05) is 45.8 Å². The Balaban J connectivity index is 1.58.